The van der Waals surface area contributed by atoms with Crippen molar-refractivity contribution in [3.63, 3.8) is 0 Å². The van der Waals surface area contributed by atoms with Crippen LogP contribution in [0.3, 0.4) is 0 Å². The number of nitrogens with one attached hydrogen (secondary N) is 1. The van der Waals surface area contributed by atoms with E-state index in [9.17, 15) is 0 Å². The van der Waals surface area contributed by atoms with Crippen molar-refractivity contribution in [3.05, 3.63) is 18.2 Å². The van der Waals surface area contributed by atoms with Gasteiger partial charge in [0.1, 0.15) is 17.2 Å². The van der Waals surface area contributed by atoms with E-state index in [1.807, 2.05) is 32.3 Å². The zero-order valence-corrected chi connectivity index (χ0v) is 10.4. The first-order valence-electron chi connectivity index (χ1n) is 5.31. The summed E-state index contributed by atoms with van der Waals surface area (Å²) in [7, 11) is 7.30. The number of rotatable bonds is 6. The van der Waals surface area contributed by atoms with Gasteiger partial charge in [-0.2, -0.15) is 0 Å². The van der Waals surface area contributed by atoms with Crippen LogP contribution in [-0.2, 0) is 0 Å². The fourth-order valence-corrected chi connectivity index (χ4v) is 1.60. The number of likely N-dealkylation sites (N-methyl/N-ethyl adjacent to an activating group) is 2. The van der Waals surface area contributed by atoms with Crippen molar-refractivity contribution >= 4 is 5.69 Å². The van der Waals surface area contributed by atoms with Gasteiger partial charge < -0.3 is 19.7 Å². The lowest BCUT2D eigenvalue weighted by Gasteiger charge is -2.23. The van der Waals surface area contributed by atoms with Crippen LogP contribution >= 0.6 is 0 Å². The second-order valence-corrected chi connectivity index (χ2v) is 3.54. The number of hydrogen-bond donors (Lipinski definition) is 1. The summed E-state index contributed by atoms with van der Waals surface area (Å²) >= 11 is 0. The maximum atomic E-state index is 5.35. The molecule has 1 rings (SSSR count). The Labute approximate surface area is 97.2 Å². The van der Waals surface area contributed by atoms with E-state index < -0.39 is 0 Å². The lowest BCUT2D eigenvalue weighted by molar-refractivity contribution is 0.394. The second kappa shape index (κ2) is 6.23. The minimum Gasteiger partial charge on any atom is -0.494 e. The molecule has 4 heteroatoms. The van der Waals surface area contributed by atoms with Gasteiger partial charge in [0.25, 0.3) is 0 Å². The molecule has 0 fully saturated rings. The van der Waals surface area contributed by atoms with Gasteiger partial charge in [-0.05, 0) is 19.2 Å². The van der Waals surface area contributed by atoms with Crippen LogP contribution < -0.4 is 19.7 Å². The van der Waals surface area contributed by atoms with Crippen LogP contribution in [0.4, 0.5) is 5.69 Å². The highest BCUT2D eigenvalue weighted by molar-refractivity contribution is 5.67. The second-order valence-electron chi connectivity index (χ2n) is 3.54. The molecule has 1 aromatic rings. The minimum absolute atomic E-state index is 0.831. The molecule has 1 aromatic carbocycles. The Morgan fingerprint density at radius 2 is 1.75 bits per heavy atom. The normalized spacial score (nSPS) is 10.0. The standard InChI is InChI=1S/C12H20N2O2/c1-13-8-9-14(2)12-10(15-3)6-5-7-11(12)16-4/h5-7,13H,8-9H2,1-4H3. The van der Waals surface area contributed by atoms with Crippen LogP contribution in [0.2, 0.25) is 0 Å². The Morgan fingerprint density at radius 3 is 2.19 bits per heavy atom. The lowest BCUT2D eigenvalue weighted by Crippen LogP contribution is -2.27. The van der Waals surface area contributed by atoms with Gasteiger partial charge in [0.2, 0.25) is 0 Å². The largest absolute Gasteiger partial charge is 0.494 e. The molecule has 0 bridgehead atoms. The fourth-order valence-electron chi connectivity index (χ4n) is 1.60. The predicted molar refractivity (Wildman–Crippen MR) is 66.7 cm³/mol. The molecule has 0 saturated carbocycles. The first-order chi connectivity index (χ1) is 7.74. The summed E-state index contributed by atoms with van der Waals surface area (Å²) in [5, 5.41) is 3.12. The van der Waals surface area contributed by atoms with Gasteiger partial charge in [-0.1, -0.05) is 6.07 Å². The summed E-state index contributed by atoms with van der Waals surface area (Å²) in [6.45, 7) is 1.81. The molecule has 4 nitrogen and oxygen atoms in total. The van der Waals surface area contributed by atoms with Crippen molar-refractivity contribution < 1.29 is 9.47 Å². The van der Waals surface area contributed by atoms with Gasteiger partial charge in [0, 0.05) is 20.1 Å². The maximum Gasteiger partial charge on any atom is 0.145 e. The molecule has 0 atom stereocenters. The van der Waals surface area contributed by atoms with Gasteiger partial charge >= 0.3 is 0 Å². The SMILES string of the molecule is CNCCN(C)c1c(OC)cccc1OC. The predicted octanol–water partition coefficient (Wildman–Crippen LogP) is 1.36. The molecule has 90 valence electrons. The third-order valence-electron chi connectivity index (χ3n) is 2.48. The van der Waals surface area contributed by atoms with Gasteiger partial charge in [-0.25, -0.2) is 0 Å². The molecule has 0 aliphatic heterocycles. The van der Waals surface area contributed by atoms with E-state index in [4.69, 9.17) is 9.47 Å². The fraction of sp³-hybridized carbons (Fsp3) is 0.500. The van der Waals surface area contributed by atoms with Gasteiger partial charge in [0.05, 0.1) is 14.2 Å². The van der Waals surface area contributed by atoms with Gasteiger partial charge in [-0.15, -0.1) is 0 Å². The minimum atomic E-state index is 0.831. The molecule has 16 heavy (non-hydrogen) atoms. The lowest BCUT2D eigenvalue weighted by atomic mass is 10.2. The van der Waals surface area contributed by atoms with Crippen molar-refractivity contribution in [1.29, 1.82) is 0 Å². The number of benzene rings is 1. The number of ether oxygens (including phenoxy) is 2. The average molecular weight is 224 g/mol. The van der Waals surface area contributed by atoms with E-state index in [-0.39, 0.29) is 0 Å². The van der Waals surface area contributed by atoms with E-state index in [1.54, 1.807) is 14.2 Å². The highest BCUT2D eigenvalue weighted by Crippen LogP contribution is 2.36. The first kappa shape index (κ1) is 12.6. The zero-order valence-electron chi connectivity index (χ0n) is 10.4. The molecular formula is C12H20N2O2. The Balaban J connectivity index is 2.97. The topological polar surface area (TPSA) is 33.7 Å². The van der Waals surface area contributed by atoms with Crippen LogP contribution in [-0.4, -0.2) is 41.4 Å². The average Bonchev–Trinajstić information content (AvgIpc) is 2.34. The number of nitrogens with zero attached hydrogens (tertiary/aromatic N) is 1. The molecule has 0 amide bonds. The van der Waals surface area contributed by atoms with E-state index in [0.717, 1.165) is 30.3 Å². The Kier molecular flexibility index (Phi) is 4.92. The van der Waals surface area contributed by atoms with Crippen LogP contribution in [0, 0.1) is 0 Å². The quantitative estimate of drug-likeness (QED) is 0.791. The third-order valence-corrected chi connectivity index (χ3v) is 2.48. The maximum absolute atomic E-state index is 5.35. The molecule has 1 N–H and O–H groups in total. The third kappa shape index (κ3) is 2.79. The summed E-state index contributed by atoms with van der Waals surface area (Å²) in [5.41, 5.74) is 0.989. The van der Waals surface area contributed by atoms with Crippen molar-refractivity contribution in [2.45, 2.75) is 0 Å². The van der Waals surface area contributed by atoms with Crippen molar-refractivity contribution in [1.82, 2.24) is 5.32 Å². The number of anilines is 1. The Hall–Kier alpha value is -1.42. The van der Waals surface area contributed by atoms with Crippen LogP contribution in [0.1, 0.15) is 0 Å². The number of hydrogen-bond acceptors (Lipinski definition) is 4. The van der Waals surface area contributed by atoms with Crippen molar-refractivity contribution in [2.75, 3.05) is 46.3 Å². The van der Waals surface area contributed by atoms with E-state index >= 15 is 0 Å². The smallest absolute Gasteiger partial charge is 0.145 e. The van der Waals surface area contributed by atoms with Gasteiger partial charge in [0.15, 0.2) is 0 Å². The van der Waals surface area contributed by atoms with Crippen molar-refractivity contribution in [2.24, 2.45) is 0 Å². The molecular weight excluding hydrogens is 204 g/mol. The van der Waals surface area contributed by atoms with Crippen LogP contribution in [0.25, 0.3) is 0 Å². The molecule has 0 unspecified atom stereocenters. The molecule has 0 radical (unpaired) electrons. The molecule has 0 spiro atoms. The summed E-state index contributed by atoms with van der Waals surface area (Å²) < 4.78 is 10.7. The van der Waals surface area contributed by atoms with Crippen molar-refractivity contribution in [3.8, 4) is 11.5 Å². The summed E-state index contributed by atoms with van der Waals surface area (Å²) in [4.78, 5) is 2.12. The molecule has 0 aliphatic rings. The van der Waals surface area contributed by atoms with Crippen LogP contribution in [0.5, 0.6) is 11.5 Å². The van der Waals surface area contributed by atoms with Gasteiger partial charge in [-0.3, -0.25) is 0 Å². The Bertz CT molecular complexity index is 307. The summed E-state index contributed by atoms with van der Waals surface area (Å²) in [5.74, 6) is 1.66. The highest BCUT2D eigenvalue weighted by Gasteiger charge is 2.13. The zero-order chi connectivity index (χ0) is 12.0. The number of methoxy groups -OCH3 is 2. The summed E-state index contributed by atoms with van der Waals surface area (Å²) in [6.07, 6.45) is 0. The highest BCUT2D eigenvalue weighted by atomic mass is 16.5. The molecule has 0 heterocycles. The molecule has 0 aliphatic carbocycles. The first-order valence-corrected chi connectivity index (χ1v) is 5.31. The van der Waals surface area contributed by atoms with Crippen LogP contribution in [0.15, 0.2) is 18.2 Å². The Morgan fingerprint density at radius 1 is 1.19 bits per heavy atom. The number of para-hydroxylation sites is 1. The molecule has 0 saturated heterocycles. The van der Waals surface area contributed by atoms with E-state index in [1.165, 1.54) is 0 Å². The van der Waals surface area contributed by atoms with E-state index in [2.05, 4.69) is 10.2 Å². The van der Waals surface area contributed by atoms with E-state index in [0.29, 0.717) is 0 Å². The monoisotopic (exact) mass is 224 g/mol. The summed E-state index contributed by atoms with van der Waals surface area (Å²) in [6, 6.07) is 5.80. The molecule has 0 aromatic heterocycles.